The third-order valence-corrected chi connectivity index (χ3v) is 4.73. The van der Waals surface area contributed by atoms with Crippen molar-refractivity contribution in [2.45, 2.75) is 25.4 Å². The molecule has 2 unspecified atom stereocenters. The van der Waals surface area contributed by atoms with Crippen LogP contribution in [0.15, 0.2) is 18.2 Å². The average molecular weight is 356 g/mol. The molecular formula is C13H17BrCl2O2. The summed E-state index contributed by atoms with van der Waals surface area (Å²) in [5, 5.41) is 21.6. The molecule has 1 aromatic rings. The van der Waals surface area contributed by atoms with E-state index >= 15 is 0 Å². The summed E-state index contributed by atoms with van der Waals surface area (Å²) in [4.78, 5) is 0. The lowest BCUT2D eigenvalue weighted by atomic mass is 9.74. The monoisotopic (exact) mass is 354 g/mol. The first-order valence-corrected chi connectivity index (χ1v) is 7.57. The van der Waals surface area contributed by atoms with Crippen LogP contribution in [0.5, 0.6) is 0 Å². The lowest BCUT2D eigenvalue weighted by Crippen LogP contribution is -2.47. The van der Waals surface area contributed by atoms with Gasteiger partial charge in [0.15, 0.2) is 0 Å². The maximum absolute atomic E-state index is 10.4. The highest BCUT2D eigenvalue weighted by atomic mass is 79.9. The van der Waals surface area contributed by atoms with Gasteiger partial charge in [-0.05, 0) is 23.6 Å². The fourth-order valence-corrected chi connectivity index (χ4v) is 3.47. The smallest absolute Gasteiger partial charge is 0.0690 e. The van der Waals surface area contributed by atoms with Gasteiger partial charge in [0.2, 0.25) is 0 Å². The molecule has 1 rings (SSSR count). The number of alkyl halides is 1. The molecule has 0 aliphatic carbocycles. The Bertz CT molecular complexity index is 406. The van der Waals surface area contributed by atoms with Crippen molar-refractivity contribution in [1.29, 1.82) is 0 Å². The minimum Gasteiger partial charge on any atom is -0.395 e. The molecule has 0 aromatic heterocycles. The van der Waals surface area contributed by atoms with Gasteiger partial charge in [-0.3, -0.25) is 0 Å². The summed E-state index contributed by atoms with van der Waals surface area (Å²) >= 11 is 15.4. The van der Waals surface area contributed by atoms with Crippen LogP contribution in [-0.2, 0) is 5.41 Å². The molecule has 0 radical (unpaired) electrons. The molecule has 0 saturated heterocycles. The van der Waals surface area contributed by atoms with Gasteiger partial charge in [0, 0.05) is 15.4 Å². The Balaban J connectivity index is 3.35. The van der Waals surface area contributed by atoms with E-state index in [-0.39, 0.29) is 12.5 Å². The van der Waals surface area contributed by atoms with Gasteiger partial charge in [-0.15, -0.1) is 0 Å². The molecule has 0 aliphatic rings. The largest absolute Gasteiger partial charge is 0.395 e. The number of aliphatic hydroxyl groups is 2. The first-order chi connectivity index (χ1) is 8.39. The average Bonchev–Trinajstić information content (AvgIpc) is 2.33. The maximum Gasteiger partial charge on any atom is 0.0690 e. The summed E-state index contributed by atoms with van der Waals surface area (Å²) in [5.74, 6) is 0.00134. The van der Waals surface area contributed by atoms with Crippen molar-refractivity contribution in [3.63, 3.8) is 0 Å². The predicted molar refractivity (Wildman–Crippen MR) is 79.9 cm³/mol. The summed E-state index contributed by atoms with van der Waals surface area (Å²) in [5.41, 5.74) is -0.121. The molecule has 2 N–H and O–H groups in total. The first-order valence-electron chi connectivity index (χ1n) is 5.69. The minimum atomic E-state index is -0.824. The Morgan fingerprint density at radius 3 is 2.33 bits per heavy atom. The molecule has 0 amide bonds. The van der Waals surface area contributed by atoms with Crippen molar-refractivity contribution in [2.75, 3.05) is 11.9 Å². The zero-order chi connectivity index (χ0) is 13.9. The second-order valence-corrected chi connectivity index (χ2v) is 6.17. The fraction of sp³-hybridized carbons (Fsp3) is 0.538. The third-order valence-electron chi connectivity index (χ3n) is 3.19. The minimum absolute atomic E-state index is 0.00134. The Kier molecular flexibility index (Phi) is 5.94. The molecular weight excluding hydrogens is 339 g/mol. The standard InChI is InChI=1S/C13H17BrCl2O2/c1-8(2)12(18)13(6-14,7-17)10-4-3-9(15)5-11(10)16/h3-5,8,12,17-18H,6-7H2,1-2H3. The van der Waals surface area contributed by atoms with Gasteiger partial charge in [0.25, 0.3) is 0 Å². The summed E-state index contributed by atoms with van der Waals surface area (Å²) < 4.78 is 0. The number of hydrogen-bond acceptors (Lipinski definition) is 2. The number of halogens is 3. The van der Waals surface area contributed by atoms with Gasteiger partial charge < -0.3 is 10.2 Å². The molecule has 2 nitrogen and oxygen atoms in total. The van der Waals surface area contributed by atoms with Crippen LogP contribution in [0.25, 0.3) is 0 Å². The Morgan fingerprint density at radius 2 is 1.94 bits per heavy atom. The van der Waals surface area contributed by atoms with Crippen molar-refractivity contribution in [3.05, 3.63) is 33.8 Å². The summed E-state index contributed by atoms with van der Waals surface area (Å²) in [6.45, 7) is 3.61. The highest BCUT2D eigenvalue weighted by Gasteiger charge is 2.41. The predicted octanol–water partition coefficient (Wildman–Crippen LogP) is 3.64. The zero-order valence-corrected chi connectivity index (χ0v) is 13.4. The molecule has 5 heteroatoms. The van der Waals surface area contributed by atoms with Crippen LogP contribution in [0.1, 0.15) is 19.4 Å². The Morgan fingerprint density at radius 1 is 1.33 bits per heavy atom. The van der Waals surface area contributed by atoms with Gasteiger partial charge in [-0.1, -0.05) is 59.0 Å². The lowest BCUT2D eigenvalue weighted by molar-refractivity contribution is 0.0199. The van der Waals surface area contributed by atoms with E-state index in [2.05, 4.69) is 15.9 Å². The van der Waals surface area contributed by atoms with E-state index in [1.807, 2.05) is 13.8 Å². The van der Waals surface area contributed by atoms with Crippen molar-refractivity contribution in [2.24, 2.45) is 5.92 Å². The summed E-state index contributed by atoms with van der Waals surface area (Å²) in [6, 6.07) is 5.09. The van der Waals surface area contributed by atoms with Gasteiger partial charge >= 0.3 is 0 Å². The Labute approximate surface area is 126 Å². The van der Waals surface area contributed by atoms with Crippen molar-refractivity contribution in [3.8, 4) is 0 Å². The fourth-order valence-electron chi connectivity index (χ4n) is 2.06. The third kappa shape index (κ3) is 3.02. The normalized spacial score (nSPS) is 16.7. The molecule has 0 aliphatic heterocycles. The molecule has 1 aromatic carbocycles. The molecule has 0 fully saturated rings. The molecule has 102 valence electrons. The van der Waals surface area contributed by atoms with E-state index in [1.165, 1.54) is 0 Å². The lowest BCUT2D eigenvalue weighted by Gasteiger charge is -2.38. The van der Waals surface area contributed by atoms with Crippen LogP contribution in [0.3, 0.4) is 0 Å². The first kappa shape index (κ1) is 16.3. The maximum atomic E-state index is 10.4. The van der Waals surface area contributed by atoms with E-state index in [4.69, 9.17) is 23.2 Å². The SMILES string of the molecule is CC(C)C(O)C(CO)(CBr)c1ccc(Cl)cc1Cl. The zero-order valence-electron chi connectivity index (χ0n) is 10.3. The number of aliphatic hydroxyl groups excluding tert-OH is 2. The highest BCUT2D eigenvalue weighted by molar-refractivity contribution is 9.09. The van der Waals surface area contributed by atoms with Crippen molar-refractivity contribution >= 4 is 39.1 Å². The molecule has 0 bridgehead atoms. The number of benzene rings is 1. The van der Waals surface area contributed by atoms with Crippen LogP contribution in [-0.4, -0.2) is 28.3 Å². The van der Waals surface area contributed by atoms with Gasteiger partial charge in [0.1, 0.15) is 0 Å². The van der Waals surface area contributed by atoms with Gasteiger partial charge in [-0.2, -0.15) is 0 Å². The van der Waals surface area contributed by atoms with E-state index in [9.17, 15) is 10.2 Å². The quantitative estimate of drug-likeness (QED) is 0.791. The van der Waals surface area contributed by atoms with Crippen LogP contribution in [0.4, 0.5) is 0 Å². The van der Waals surface area contributed by atoms with Crippen LogP contribution >= 0.6 is 39.1 Å². The Hall–Kier alpha value is 0.200. The van der Waals surface area contributed by atoms with Crippen molar-refractivity contribution < 1.29 is 10.2 Å². The summed E-state index contributed by atoms with van der Waals surface area (Å²) in [6.07, 6.45) is -0.708. The van der Waals surface area contributed by atoms with Gasteiger partial charge in [0.05, 0.1) is 18.1 Å². The van der Waals surface area contributed by atoms with E-state index < -0.39 is 11.5 Å². The van der Waals surface area contributed by atoms with E-state index in [1.54, 1.807) is 18.2 Å². The second kappa shape index (κ2) is 6.58. The van der Waals surface area contributed by atoms with E-state index in [0.29, 0.717) is 20.9 Å². The molecule has 0 heterocycles. The van der Waals surface area contributed by atoms with Crippen LogP contribution in [0.2, 0.25) is 10.0 Å². The van der Waals surface area contributed by atoms with Crippen molar-refractivity contribution in [1.82, 2.24) is 0 Å². The highest BCUT2D eigenvalue weighted by Crippen LogP contribution is 2.38. The topological polar surface area (TPSA) is 40.5 Å². The molecule has 18 heavy (non-hydrogen) atoms. The number of rotatable bonds is 5. The van der Waals surface area contributed by atoms with Gasteiger partial charge in [-0.25, -0.2) is 0 Å². The number of hydrogen-bond donors (Lipinski definition) is 2. The van der Waals surface area contributed by atoms with E-state index in [0.717, 1.165) is 0 Å². The molecule has 0 spiro atoms. The van der Waals surface area contributed by atoms with Crippen LogP contribution in [0, 0.1) is 5.92 Å². The molecule has 2 atom stereocenters. The molecule has 0 saturated carbocycles. The van der Waals surface area contributed by atoms with Crippen LogP contribution < -0.4 is 0 Å². The second-order valence-electron chi connectivity index (χ2n) is 4.76. The summed E-state index contributed by atoms with van der Waals surface area (Å²) in [7, 11) is 0.